The van der Waals surface area contributed by atoms with Crippen molar-refractivity contribution in [3.05, 3.63) is 101 Å². The van der Waals surface area contributed by atoms with Gasteiger partial charge in [0.2, 0.25) is 5.78 Å². The summed E-state index contributed by atoms with van der Waals surface area (Å²) in [6.07, 6.45) is 1.36. The van der Waals surface area contributed by atoms with Gasteiger partial charge in [0.1, 0.15) is 0 Å². The van der Waals surface area contributed by atoms with Crippen LogP contribution in [0, 0.1) is 0 Å². The van der Waals surface area contributed by atoms with Crippen molar-refractivity contribution in [3.63, 3.8) is 0 Å². The Morgan fingerprint density at radius 2 is 1.65 bits per heavy atom. The molecule has 34 heavy (non-hydrogen) atoms. The summed E-state index contributed by atoms with van der Waals surface area (Å²) in [7, 11) is 1.28. The zero-order chi connectivity index (χ0) is 24.6. The zero-order valence-electron chi connectivity index (χ0n) is 19.4. The van der Waals surface area contributed by atoms with Crippen LogP contribution in [0.2, 0.25) is 0 Å². The Hall–Kier alpha value is -4.13. The van der Waals surface area contributed by atoms with Gasteiger partial charge in [-0.05, 0) is 52.9 Å². The number of ether oxygens (including phenoxy) is 1. The van der Waals surface area contributed by atoms with E-state index >= 15 is 0 Å². The molecule has 7 nitrogen and oxygen atoms in total. The number of anilines is 1. The fraction of sp³-hybridized carbons (Fsp3) is 0.222. The van der Waals surface area contributed by atoms with Crippen molar-refractivity contribution in [2.45, 2.75) is 32.2 Å². The summed E-state index contributed by atoms with van der Waals surface area (Å²) < 4.78 is 9.99. The van der Waals surface area contributed by atoms with Crippen LogP contribution in [0.1, 0.15) is 58.9 Å². The van der Waals surface area contributed by atoms with Crippen molar-refractivity contribution < 1.29 is 28.6 Å². The number of aliphatic hydroxyl groups is 1. The molecule has 1 unspecified atom stereocenters. The molecule has 0 radical (unpaired) electrons. The molecule has 0 spiro atoms. The number of methoxy groups -OCH3 is 1. The highest BCUT2D eigenvalue weighted by Gasteiger charge is 2.45. The lowest BCUT2D eigenvalue weighted by atomic mass is 9.85. The second-order valence-electron chi connectivity index (χ2n) is 9.06. The molecule has 0 bridgehead atoms. The van der Waals surface area contributed by atoms with E-state index in [1.165, 1.54) is 36.5 Å². The SMILES string of the molecule is COC(=O)c1ccc(N2C(=O)C(O)=C(C(=O)c3ccco3)C2c2ccc(C(C)(C)C)cc2)cc1. The van der Waals surface area contributed by atoms with Gasteiger partial charge < -0.3 is 14.3 Å². The van der Waals surface area contributed by atoms with E-state index in [1.54, 1.807) is 18.2 Å². The van der Waals surface area contributed by atoms with Crippen LogP contribution in [0.4, 0.5) is 5.69 Å². The summed E-state index contributed by atoms with van der Waals surface area (Å²) in [5.74, 6) is -2.42. The van der Waals surface area contributed by atoms with Crippen LogP contribution in [-0.4, -0.2) is 29.9 Å². The predicted octanol–water partition coefficient (Wildman–Crippen LogP) is 5.15. The predicted molar refractivity (Wildman–Crippen MR) is 126 cm³/mol. The molecule has 1 N–H and O–H groups in total. The maximum Gasteiger partial charge on any atom is 0.337 e. The number of furan rings is 1. The first-order chi connectivity index (χ1) is 16.1. The number of nitrogens with zero attached hydrogens (tertiary/aromatic N) is 1. The number of amides is 1. The van der Waals surface area contributed by atoms with E-state index in [1.807, 2.05) is 24.3 Å². The summed E-state index contributed by atoms with van der Waals surface area (Å²) in [5.41, 5.74) is 2.31. The molecule has 0 saturated heterocycles. The number of aliphatic hydroxyl groups excluding tert-OH is 1. The number of benzene rings is 2. The van der Waals surface area contributed by atoms with E-state index in [-0.39, 0.29) is 16.7 Å². The van der Waals surface area contributed by atoms with E-state index in [0.717, 1.165) is 5.56 Å². The largest absolute Gasteiger partial charge is 0.503 e. The second kappa shape index (κ2) is 8.67. The van der Waals surface area contributed by atoms with Crippen molar-refractivity contribution in [2.75, 3.05) is 12.0 Å². The van der Waals surface area contributed by atoms with Crippen LogP contribution in [0.3, 0.4) is 0 Å². The van der Waals surface area contributed by atoms with Crippen molar-refractivity contribution in [1.82, 2.24) is 0 Å². The number of carbonyl (C=O) groups is 3. The highest BCUT2D eigenvalue weighted by molar-refractivity contribution is 6.20. The van der Waals surface area contributed by atoms with E-state index < -0.39 is 29.5 Å². The minimum Gasteiger partial charge on any atom is -0.503 e. The molecule has 1 aromatic heterocycles. The van der Waals surface area contributed by atoms with Crippen LogP contribution in [0.15, 0.2) is 82.7 Å². The second-order valence-corrected chi connectivity index (χ2v) is 9.06. The Kier molecular flexibility index (Phi) is 5.87. The van der Waals surface area contributed by atoms with Crippen LogP contribution in [0.5, 0.6) is 0 Å². The standard InChI is InChI=1S/C27H25NO6/c1-27(2,3)18-11-7-16(8-12-18)22-21(23(29)20-6-5-15-34-20)24(30)25(31)28(22)19-13-9-17(10-14-19)26(32)33-4/h5-15,22,30H,1-4H3. The van der Waals surface area contributed by atoms with Gasteiger partial charge in [0.25, 0.3) is 5.91 Å². The van der Waals surface area contributed by atoms with Crippen molar-refractivity contribution in [3.8, 4) is 0 Å². The Labute approximate surface area is 197 Å². The number of rotatable bonds is 5. The Morgan fingerprint density at radius 1 is 1.00 bits per heavy atom. The Balaban J connectivity index is 1.83. The molecule has 4 rings (SSSR count). The fourth-order valence-corrected chi connectivity index (χ4v) is 4.00. The lowest BCUT2D eigenvalue weighted by molar-refractivity contribution is -0.117. The third-order valence-corrected chi connectivity index (χ3v) is 5.86. The van der Waals surface area contributed by atoms with Gasteiger partial charge in [-0.2, -0.15) is 0 Å². The highest BCUT2D eigenvalue weighted by atomic mass is 16.5. The molecule has 1 aliphatic heterocycles. The molecule has 174 valence electrons. The number of hydrogen-bond acceptors (Lipinski definition) is 6. The van der Waals surface area contributed by atoms with Crippen molar-refractivity contribution >= 4 is 23.3 Å². The number of carbonyl (C=O) groups excluding carboxylic acids is 3. The van der Waals surface area contributed by atoms with E-state index in [4.69, 9.17) is 9.15 Å². The quantitative estimate of drug-likeness (QED) is 0.419. The van der Waals surface area contributed by atoms with Gasteiger partial charge in [-0.15, -0.1) is 0 Å². The molecular weight excluding hydrogens is 434 g/mol. The molecule has 1 amide bonds. The van der Waals surface area contributed by atoms with Crippen molar-refractivity contribution in [1.29, 1.82) is 0 Å². The van der Waals surface area contributed by atoms with Gasteiger partial charge in [-0.1, -0.05) is 45.0 Å². The van der Waals surface area contributed by atoms with Crippen LogP contribution < -0.4 is 4.90 Å². The highest BCUT2D eigenvalue weighted by Crippen LogP contribution is 2.42. The van der Waals surface area contributed by atoms with Gasteiger partial charge in [-0.3, -0.25) is 14.5 Å². The summed E-state index contributed by atoms with van der Waals surface area (Å²) >= 11 is 0. The number of hydrogen-bond donors (Lipinski definition) is 1. The Morgan fingerprint density at radius 3 is 2.18 bits per heavy atom. The van der Waals surface area contributed by atoms with Gasteiger partial charge in [-0.25, -0.2) is 4.79 Å². The summed E-state index contributed by atoms with van der Waals surface area (Å²) in [6.45, 7) is 6.27. The first-order valence-electron chi connectivity index (χ1n) is 10.8. The lowest BCUT2D eigenvalue weighted by Gasteiger charge is -2.28. The first-order valence-corrected chi connectivity index (χ1v) is 10.8. The number of Topliss-reactive ketones (excluding diaryl/α,β-unsaturated/α-hetero) is 1. The first kappa shape index (κ1) is 23.0. The van der Waals surface area contributed by atoms with E-state index in [0.29, 0.717) is 16.8 Å². The fourth-order valence-electron chi connectivity index (χ4n) is 4.00. The maximum absolute atomic E-state index is 13.3. The van der Waals surface area contributed by atoms with Crippen LogP contribution >= 0.6 is 0 Å². The number of esters is 1. The average Bonchev–Trinajstić information content (AvgIpc) is 3.45. The van der Waals surface area contributed by atoms with Crippen molar-refractivity contribution in [2.24, 2.45) is 0 Å². The summed E-state index contributed by atoms with van der Waals surface area (Å²) in [4.78, 5) is 39.7. The van der Waals surface area contributed by atoms with E-state index in [2.05, 4.69) is 20.8 Å². The topological polar surface area (TPSA) is 97.0 Å². The minimum atomic E-state index is -0.886. The molecule has 7 heteroatoms. The minimum absolute atomic E-state index is 0.0218. The molecule has 3 aromatic rings. The molecule has 0 saturated carbocycles. The van der Waals surface area contributed by atoms with Gasteiger partial charge in [0.15, 0.2) is 11.5 Å². The van der Waals surface area contributed by atoms with Crippen LogP contribution in [-0.2, 0) is 14.9 Å². The summed E-state index contributed by atoms with van der Waals surface area (Å²) in [5, 5.41) is 10.8. The average molecular weight is 459 g/mol. The van der Waals surface area contributed by atoms with Gasteiger partial charge >= 0.3 is 5.97 Å². The Bertz CT molecular complexity index is 1260. The molecule has 2 aromatic carbocycles. The molecule has 1 atom stereocenters. The molecule has 1 aliphatic rings. The smallest absolute Gasteiger partial charge is 0.337 e. The van der Waals surface area contributed by atoms with Crippen LogP contribution in [0.25, 0.3) is 0 Å². The lowest BCUT2D eigenvalue weighted by Crippen LogP contribution is -2.31. The normalized spacial score (nSPS) is 16.2. The van der Waals surface area contributed by atoms with Gasteiger partial charge in [0.05, 0.1) is 30.6 Å². The monoisotopic (exact) mass is 459 g/mol. The molecule has 0 aliphatic carbocycles. The van der Waals surface area contributed by atoms with E-state index in [9.17, 15) is 19.5 Å². The number of ketones is 1. The molecular formula is C27H25NO6. The maximum atomic E-state index is 13.3. The third kappa shape index (κ3) is 4.01. The third-order valence-electron chi connectivity index (χ3n) is 5.86. The zero-order valence-corrected chi connectivity index (χ0v) is 19.4. The summed E-state index contributed by atoms with van der Waals surface area (Å²) in [6, 6.07) is 16.0. The molecule has 2 heterocycles. The molecule has 0 fully saturated rings. The van der Waals surface area contributed by atoms with Gasteiger partial charge in [0, 0.05) is 5.69 Å².